The van der Waals surface area contributed by atoms with Gasteiger partial charge in [-0.15, -0.1) is 29.7 Å². The van der Waals surface area contributed by atoms with Crippen LogP contribution in [0.5, 0.6) is 11.5 Å². The van der Waals surface area contributed by atoms with Gasteiger partial charge in [0.1, 0.15) is 17.0 Å². The number of ether oxygens (including phenoxy) is 1. The first-order chi connectivity index (χ1) is 45.5. The molecule has 0 saturated heterocycles. The van der Waals surface area contributed by atoms with Crippen LogP contribution < -0.4 is 9.30 Å². The topological polar surface area (TPSA) is 49.0 Å². The Morgan fingerprint density at radius 3 is 1.95 bits per heavy atom. The predicted molar refractivity (Wildman–Crippen MR) is 335 cm³/mol. The Kier molecular flexibility index (Phi) is 9.08. The third kappa shape index (κ3) is 8.56. The molecule has 14 aromatic rings. The number of furan rings is 1. The molecular weight excluding hydrogens is 1200 g/mol. The molecule has 0 amide bonds. The van der Waals surface area contributed by atoms with Gasteiger partial charge in [0.25, 0.3) is 6.33 Å². The van der Waals surface area contributed by atoms with Crippen LogP contribution in [0.3, 0.4) is 0 Å². The second-order valence-corrected chi connectivity index (χ2v) is 23.0. The zero-order valence-corrected chi connectivity index (χ0v) is 48.2. The van der Waals surface area contributed by atoms with Gasteiger partial charge in [0.15, 0.2) is 0 Å². The van der Waals surface area contributed by atoms with Gasteiger partial charge in [-0.3, -0.25) is 4.57 Å². The van der Waals surface area contributed by atoms with Crippen molar-refractivity contribution >= 4 is 54.8 Å². The first kappa shape index (κ1) is 38.6. The van der Waals surface area contributed by atoms with Gasteiger partial charge < -0.3 is 18.3 Å². The van der Waals surface area contributed by atoms with Crippen LogP contribution >= 0.6 is 0 Å². The van der Waals surface area contributed by atoms with Crippen molar-refractivity contribution in [1.82, 2.24) is 14.1 Å². The van der Waals surface area contributed by atoms with Gasteiger partial charge in [-0.1, -0.05) is 174 Å². The fourth-order valence-electron chi connectivity index (χ4n) is 11.7. The van der Waals surface area contributed by atoms with Gasteiger partial charge >= 0.3 is 0 Å². The molecule has 1 aliphatic rings. The maximum absolute atomic E-state index is 10.1. The molecule has 0 unspecified atom stereocenters. The molecule has 7 heteroatoms. The molecule has 5 heterocycles. The summed E-state index contributed by atoms with van der Waals surface area (Å²) in [4.78, 5) is 4.86. The summed E-state index contributed by atoms with van der Waals surface area (Å²) in [6, 6.07) is 47.9. The summed E-state index contributed by atoms with van der Waals surface area (Å²) < 4.78 is 151. The molecule has 6 nitrogen and oxygen atoms in total. The fraction of sp³-hybridized carbons (Fsp3) is 0.132. The summed E-state index contributed by atoms with van der Waals surface area (Å²) in [7, 11) is 0. The molecule has 0 bridgehead atoms. The van der Waals surface area contributed by atoms with Crippen LogP contribution in [0.15, 0.2) is 211 Å². The Labute approximate surface area is 517 Å². The standard InChI is InChI=1S/C76H58N4O2.Pt/c1-46-19-17-20-47(2)72(46)65-41-51(76(6,7)8)40-64-58-26-12-10-24-56(58)55-23-9-11-25-57(55)63-38-49(48-31-34-70-62(37-48)61-28-14-16-30-69(61)82-70)39-68-74(63)79(73(64)65)45-78(68)52-21-18-22-53(43-52)81-54-32-33-60-59-27-13-15-29-66(59)80(67(60)44-54)71-42-50(35-36-77-71)75(3,4)5;/h9-42H,1-8H3;/q-2;/i1D3,2D3,9D,10D,11D,12D,23D,24D,25D,26D;. The van der Waals surface area contributed by atoms with Crippen molar-refractivity contribution in [3.8, 4) is 84.3 Å². The molecular formula is C76H58N4O2Pt-2. The van der Waals surface area contributed by atoms with Crippen molar-refractivity contribution in [3.63, 3.8) is 0 Å². The molecule has 10 aromatic carbocycles. The van der Waals surface area contributed by atoms with Crippen LogP contribution in [0, 0.1) is 32.2 Å². The number of hydrogen-bond donors (Lipinski definition) is 0. The van der Waals surface area contributed by atoms with Crippen molar-refractivity contribution < 1.29 is 54.0 Å². The molecule has 0 atom stereocenters. The van der Waals surface area contributed by atoms with E-state index in [1.165, 1.54) is 18.2 Å². The second kappa shape index (κ2) is 19.5. The molecule has 406 valence electrons. The third-order valence-corrected chi connectivity index (χ3v) is 15.8. The molecule has 0 fully saturated rings. The fourth-order valence-corrected chi connectivity index (χ4v) is 11.7. The first-order valence-electron chi connectivity index (χ1n) is 34.1. The maximum atomic E-state index is 10.1. The number of rotatable bonds is 6. The van der Waals surface area contributed by atoms with E-state index in [9.17, 15) is 11.0 Å². The summed E-state index contributed by atoms with van der Waals surface area (Å²) >= 11 is 0. The molecule has 1 aliphatic heterocycles. The minimum absolute atomic E-state index is 0. The summed E-state index contributed by atoms with van der Waals surface area (Å²) in [5, 5.41) is 3.53. The molecule has 0 aliphatic carbocycles. The smallest absolute Gasteiger partial charge is 0.268 e. The number of benzene rings is 10. The Bertz CT molecular complexity index is 5660. The van der Waals surface area contributed by atoms with Crippen molar-refractivity contribution in [3.05, 3.63) is 247 Å². The van der Waals surface area contributed by atoms with Gasteiger partial charge in [0.05, 0.1) is 27.7 Å². The van der Waals surface area contributed by atoms with Crippen molar-refractivity contribution in [2.45, 2.75) is 66.1 Å². The van der Waals surface area contributed by atoms with E-state index in [0.29, 0.717) is 56.1 Å². The zero-order chi connectivity index (χ0) is 67.7. The summed E-state index contributed by atoms with van der Waals surface area (Å²) in [5.41, 5.74) is 4.09. The third-order valence-electron chi connectivity index (χ3n) is 15.8. The largest absolute Gasteiger partial charge is 0.510 e. The molecule has 0 radical (unpaired) electrons. The average Bonchev–Trinajstić information content (AvgIpc) is 1.61. The van der Waals surface area contributed by atoms with Crippen molar-refractivity contribution in [2.24, 2.45) is 0 Å². The van der Waals surface area contributed by atoms with Gasteiger partial charge in [0, 0.05) is 63.3 Å². The van der Waals surface area contributed by atoms with Gasteiger partial charge in [0.2, 0.25) is 0 Å². The van der Waals surface area contributed by atoms with Crippen LogP contribution in [0.2, 0.25) is 0 Å². The second-order valence-electron chi connectivity index (χ2n) is 23.0. The molecule has 0 N–H and O–H groups in total. The Balaban J connectivity index is 0.00000807. The normalized spacial score (nSPS) is 15.0. The van der Waals surface area contributed by atoms with Crippen LogP contribution in [-0.2, 0) is 31.9 Å². The molecule has 4 aromatic heterocycles. The molecule has 15 rings (SSSR count). The Morgan fingerprint density at radius 1 is 0.542 bits per heavy atom. The van der Waals surface area contributed by atoms with Gasteiger partial charge in [-0.25, -0.2) is 4.98 Å². The van der Waals surface area contributed by atoms with E-state index in [1.54, 1.807) is 45.5 Å². The van der Waals surface area contributed by atoms with E-state index in [-0.39, 0.29) is 99.1 Å². The first-order valence-corrected chi connectivity index (χ1v) is 27.1. The van der Waals surface area contributed by atoms with Crippen LogP contribution in [0.4, 0.5) is 0 Å². The Morgan fingerprint density at radius 2 is 1.20 bits per heavy atom. The number of para-hydroxylation sites is 2. The van der Waals surface area contributed by atoms with Gasteiger partial charge in [-0.2, -0.15) is 18.2 Å². The van der Waals surface area contributed by atoms with Crippen LogP contribution in [0.25, 0.3) is 128 Å². The summed E-state index contributed by atoms with van der Waals surface area (Å²) in [6.07, 6.45) is 5.42. The van der Waals surface area contributed by atoms with E-state index in [4.69, 9.17) is 22.4 Å². The monoisotopic (exact) mass is 1270 g/mol. The number of imidazole rings is 1. The number of fused-ring (bicyclic) bond motifs is 13. The maximum Gasteiger partial charge on any atom is 0.268 e. The average molecular weight is 1270 g/mol. The van der Waals surface area contributed by atoms with E-state index in [2.05, 4.69) is 55.9 Å². The van der Waals surface area contributed by atoms with E-state index < -0.39 is 67.5 Å². The number of aromatic nitrogens is 4. The van der Waals surface area contributed by atoms with Crippen molar-refractivity contribution in [2.75, 3.05) is 0 Å². The van der Waals surface area contributed by atoms with E-state index >= 15 is 0 Å². The molecule has 0 spiro atoms. The van der Waals surface area contributed by atoms with Crippen LogP contribution in [-0.4, -0.2) is 14.1 Å². The zero-order valence-electron chi connectivity index (χ0n) is 59.9. The van der Waals surface area contributed by atoms with E-state index in [0.717, 1.165) is 32.6 Å². The SMILES string of the molecule is [2H]c1c([2H])c([2H])c2c(c1[2H])-c1cc(C(C)(C)C)cc(-c3c(C([2H])([2H])[2H])cccc3C([2H])([2H])[2H])c1-[n+]1[c-]n(-c3[c-]c(Oc4[c-]c5c(cc4)c4ccccc4n5-c4cc(C(C)(C)C)ccn4)ccc3)c3cc(-c4ccc5oc6ccccc6c5c4)cc(c31)-c1c([2H])c([2H])c([2H])c([2H])c1-2.[Pt]. The predicted octanol–water partition coefficient (Wildman–Crippen LogP) is 19.3. The summed E-state index contributed by atoms with van der Waals surface area (Å²) in [6.45, 7) is 6.27. The molecule has 0 saturated carbocycles. The molecule has 83 heavy (non-hydrogen) atoms. The number of nitrogens with zero attached hydrogens (tertiary/aromatic N) is 4. The van der Waals surface area contributed by atoms with E-state index in [1.807, 2.05) is 112 Å². The number of aryl methyl sites for hydroxylation is 2. The quantitative estimate of drug-likeness (QED) is 0.123. The minimum Gasteiger partial charge on any atom is -0.510 e. The Hall–Kier alpha value is -9.09. The van der Waals surface area contributed by atoms with Crippen molar-refractivity contribution in [1.29, 1.82) is 0 Å². The number of pyridine rings is 1. The van der Waals surface area contributed by atoms with Crippen LogP contribution in [0.1, 0.15) is 83.0 Å². The number of hydrogen-bond acceptors (Lipinski definition) is 3. The summed E-state index contributed by atoms with van der Waals surface area (Å²) in [5.74, 6) is 1.29. The minimum atomic E-state index is -2.95. The van der Waals surface area contributed by atoms with Gasteiger partial charge in [-0.05, 0) is 156 Å².